The predicted molar refractivity (Wildman–Crippen MR) is 123 cm³/mol. The summed E-state index contributed by atoms with van der Waals surface area (Å²) in [6.07, 6.45) is 6.67. The Labute approximate surface area is 186 Å². The third-order valence-corrected chi connectivity index (χ3v) is 4.20. The Morgan fingerprint density at radius 3 is 2.57 bits per heavy atom. The number of hydrogen-bond donors (Lipinski definition) is 2. The van der Waals surface area contributed by atoms with Crippen LogP contribution in [0.1, 0.15) is 38.2 Å². The summed E-state index contributed by atoms with van der Waals surface area (Å²) in [4.78, 5) is 8.56. The van der Waals surface area contributed by atoms with Gasteiger partial charge in [0.05, 0.1) is 26.4 Å². The van der Waals surface area contributed by atoms with Gasteiger partial charge in [0.25, 0.3) is 0 Å². The number of aromatic nitrogens is 1. The Bertz CT molecular complexity index is 539. The van der Waals surface area contributed by atoms with Crippen LogP contribution in [0.25, 0.3) is 0 Å². The van der Waals surface area contributed by atoms with Crippen molar-refractivity contribution in [3.8, 4) is 5.88 Å². The average Bonchev–Trinajstić information content (AvgIpc) is 3.53. The Kier molecular flexibility index (Phi) is 14.0. The van der Waals surface area contributed by atoms with Crippen LogP contribution in [0.4, 0.5) is 0 Å². The summed E-state index contributed by atoms with van der Waals surface area (Å²) in [6, 6.07) is 3.95. The number of aliphatic imine (C=N–C) groups is 1. The maximum absolute atomic E-state index is 5.65. The Hall–Kier alpha value is -1.13. The number of nitrogens with zero attached hydrogens (tertiary/aromatic N) is 2. The first-order chi connectivity index (χ1) is 13.3. The van der Waals surface area contributed by atoms with Crippen LogP contribution in [0.2, 0.25) is 0 Å². The van der Waals surface area contributed by atoms with Gasteiger partial charge in [0, 0.05) is 39.0 Å². The van der Waals surface area contributed by atoms with Gasteiger partial charge in [-0.25, -0.2) is 4.98 Å². The molecule has 0 bridgehead atoms. The lowest BCUT2D eigenvalue weighted by Crippen LogP contribution is -2.38. The van der Waals surface area contributed by atoms with Crippen LogP contribution in [-0.4, -0.2) is 57.6 Å². The molecule has 7 nitrogen and oxygen atoms in total. The fourth-order valence-electron chi connectivity index (χ4n) is 2.30. The fourth-order valence-corrected chi connectivity index (χ4v) is 2.30. The molecule has 2 rings (SSSR count). The third-order valence-electron chi connectivity index (χ3n) is 4.20. The molecule has 0 spiro atoms. The average molecular weight is 506 g/mol. The predicted octanol–water partition coefficient (Wildman–Crippen LogP) is 2.99. The second-order valence-corrected chi connectivity index (χ2v) is 6.69. The molecule has 0 aromatic carbocycles. The Morgan fingerprint density at radius 1 is 1.14 bits per heavy atom. The van der Waals surface area contributed by atoms with Crippen molar-refractivity contribution in [3.05, 3.63) is 23.9 Å². The smallest absolute Gasteiger partial charge is 0.213 e. The van der Waals surface area contributed by atoms with Gasteiger partial charge in [-0.05, 0) is 30.7 Å². The number of nitrogens with one attached hydrogen (secondary N) is 2. The van der Waals surface area contributed by atoms with E-state index in [0.29, 0.717) is 38.8 Å². The number of hydrogen-bond acceptors (Lipinski definition) is 5. The molecule has 2 N–H and O–H groups in total. The van der Waals surface area contributed by atoms with Gasteiger partial charge in [0.15, 0.2) is 5.96 Å². The molecule has 0 radical (unpaired) electrons. The molecule has 1 saturated carbocycles. The second kappa shape index (κ2) is 15.8. The molecule has 0 saturated heterocycles. The molecule has 8 heteroatoms. The molecule has 0 aliphatic heterocycles. The van der Waals surface area contributed by atoms with E-state index < -0.39 is 0 Å². The summed E-state index contributed by atoms with van der Waals surface area (Å²) in [6.45, 7) is 7.00. The molecule has 28 heavy (non-hydrogen) atoms. The Morgan fingerprint density at radius 2 is 1.93 bits per heavy atom. The van der Waals surface area contributed by atoms with Crippen molar-refractivity contribution in [2.24, 2.45) is 10.9 Å². The van der Waals surface area contributed by atoms with Crippen LogP contribution in [-0.2, 0) is 16.0 Å². The Balaban J connectivity index is 0.00000392. The molecule has 1 heterocycles. The van der Waals surface area contributed by atoms with Gasteiger partial charge in [-0.1, -0.05) is 19.4 Å². The van der Waals surface area contributed by atoms with E-state index in [9.17, 15) is 0 Å². The van der Waals surface area contributed by atoms with Crippen molar-refractivity contribution in [3.63, 3.8) is 0 Å². The zero-order valence-corrected chi connectivity index (χ0v) is 19.4. The number of halogens is 1. The summed E-state index contributed by atoms with van der Waals surface area (Å²) in [5.74, 6) is 2.18. The highest BCUT2D eigenvalue weighted by atomic mass is 127. The lowest BCUT2D eigenvalue weighted by Gasteiger charge is -2.12. The van der Waals surface area contributed by atoms with Crippen LogP contribution in [0.15, 0.2) is 23.3 Å². The van der Waals surface area contributed by atoms with Crippen molar-refractivity contribution >= 4 is 29.9 Å². The highest BCUT2D eigenvalue weighted by Gasteiger charge is 2.21. The highest BCUT2D eigenvalue weighted by Crippen LogP contribution is 2.29. The zero-order chi connectivity index (χ0) is 19.2. The van der Waals surface area contributed by atoms with Gasteiger partial charge < -0.3 is 24.8 Å². The van der Waals surface area contributed by atoms with Crippen LogP contribution in [0.5, 0.6) is 5.88 Å². The molecule has 0 unspecified atom stereocenters. The minimum atomic E-state index is 0. The summed E-state index contributed by atoms with van der Waals surface area (Å²) in [5, 5.41) is 6.50. The number of unbranched alkanes of at least 4 members (excludes halogenated alkanes) is 1. The molecular formula is C20H35IN4O3. The van der Waals surface area contributed by atoms with Crippen molar-refractivity contribution in [2.75, 3.05) is 46.6 Å². The minimum absolute atomic E-state index is 0. The van der Waals surface area contributed by atoms with E-state index >= 15 is 0 Å². The normalized spacial score (nSPS) is 13.7. The van der Waals surface area contributed by atoms with Gasteiger partial charge in [0.2, 0.25) is 5.88 Å². The van der Waals surface area contributed by atoms with Crippen LogP contribution >= 0.6 is 24.0 Å². The lowest BCUT2D eigenvalue weighted by molar-refractivity contribution is 0.0487. The van der Waals surface area contributed by atoms with Crippen LogP contribution in [0.3, 0.4) is 0 Å². The monoisotopic (exact) mass is 506 g/mol. The first-order valence-electron chi connectivity index (χ1n) is 9.99. The molecule has 1 aliphatic rings. The van der Waals surface area contributed by atoms with Crippen LogP contribution in [0, 0.1) is 5.92 Å². The summed E-state index contributed by atoms with van der Waals surface area (Å²) in [5.41, 5.74) is 1.08. The fraction of sp³-hybridized carbons (Fsp3) is 0.700. The molecule has 1 fully saturated rings. The van der Waals surface area contributed by atoms with Crippen molar-refractivity contribution in [2.45, 2.75) is 39.2 Å². The molecule has 1 aromatic heterocycles. The van der Waals surface area contributed by atoms with E-state index in [2.05, 4.69) is 27.5 Å². The molecule has 1 aliphatic carbocycles. The number of pyridine rings is 1. The van der Waals surface area contributed by atoms with Gasteiger partial charge in [-0.2, -0.15) is 0 Å². The largest absolute Gasteiger partial charge is 0.477 e. The van der Waals surface area contributed by atoms with E-state index in [1.54, 1.807) is 7.05 Å². The van der Waals surface area contributed by atoms with Gasteiger partial charge in [0.1, 0.15) is 0 Å². The van der Waals surface area contributed by atoms with E-state index in [4.69, 9.17) is 14.2 Å². The van der Waals surface area contributed by atoms with E-state index in [1.807, 2.05) is 18.3 Å². The third kappa shape index (κ3) is 11.7. The first-order valence-corrected chi connectivity index (χ1v) is 9.99. The van der Waals surface area contributed by atoms with Gasteiger partial charge in [-0.15, -0.1) is 24.0 Å². The summed E-state index contributed by atoms with van der Waals surface area (Å²) in [7, 11) is 1.75. The number of guanidine groups is 1. The first kappa shape index (κ1) is 24.9. The SMILES string of the molecule is CCCCOCCOCCNC(=NC)NCc1ccc(OCC2CC2)nc1.I. The number of rotatable bonds is 14. The molecule has 0 amide bonds. The molecule has 160 valence electrons. The van der Waals surface area contributed by atoms with Gasteiger partial charge >= 0.3 is 0 Å². The van der Waals surface area contributed by atoms with Crippen molar-refractivity contribution in [1.82, 2.24) is 15.6 Å². The maximum atomic E-state index is 5.65. The van der Waals surface area contributed by atoms with Crippen LogP contribution < -0.4 is 15.4 Å². The minimum Gasteiger partial charge on any atom is -0.477 e. The topological polar surface area (TPSA) is 77.0 Å². The second-order valence-electron chi connectivity index (χ2n) is 6.69. The lowest BCUT2D eigenvalue weighted by atomic mass is 10.3. The molecular weight excluding hydrogens is 471 g/mol. The van der Waals surface area contributed by atoms with E-state index in [1.165, 1.54) is 12.8 Å². The molecule has 1 aromatic rings. The van der Waals surface area contributed by atoms with Crippen molar-refractivity contribution < 1.29 is 14.2 Å². The molecule has 0 atom stereocenters. The zero-order valence-electron chi connectivity index (χ0n) is 17.1. The highest BCUT2D eigenvalue weighted by molar-refractivity contribution is 14.0. The maximum Gasteiger partial charge on any atom is 0.213 e. The van der Waals surface area contributed by atoms with Gasteiger partial charge in [-0.3, -0.25) is 4.99 Å². The van der Waals surface area contributed by atoms with E-state index in [0.717, 1.165) is 43.5 Å². The summed E-state index contributed by atoms with van der Waals surface area (Å²) < 4.78 is 16.6. The standard InChI is InChI=1S/C20H34N4O3.HI/c1-3-4-10-25-12-13-26-11-9-22-20(21-2)24-15-18-7-8-19(23-14-18)27-16-17-5-6-17;/h7-8,14,17H,3-6,9-13,15-16H2,1-2H3,(H2,21,22,24);1H. The summed E-state index contributed by atoms with van der Waals surface area (Å²) >= 11 is 0. The quantitative estimate of drug-likeness (QED) is 0.175. The number of ether oxygens (including phenoxy) is 3. The van der Waals surface area contributed by atoms with Crippen molar-refractivity contribution in [1.29, 1.82) is 0 Å². The van der Waals surface area contributed by atoms with E-state index in [-0.39, 0.29) is 24.0 Å².